The van der Waals surface area contributed by atoms with Crippen LogP contribution < -0.4 is 0 Å². The van der Waals surface area contributed by atoms with E-state index in [1.165, 1.54) is 32.3 Å². The van der Waals surface area contributed by atoms with E-state index in [2.05, 4.69) is 54.6 Å². The van der Waals surface area contributed by atoms with E-state index in [1.807, 2.05) is 12.1 Å². The first-order valence-electron chi connectivity index (χ1n) is 9.94. The molecule has 1 aliphatic carbocycles. The van der Waals surface area contributed by atoms with Crippen molar-refractivity contribution in [1.82, 2.24) is 30.3 Å². The van der Waals surface area contributed by atoms with Gasteiger partial charge >= 0.3 is 0 Å². The zero-order valence-electron chi connectivity index (χ0n) is 15.8. The molecule has 0 bridgehead atoms. The third kappa shape index (κ3) is 3.45. The number of likely N-dealkylation sites (tertiary alicyclic amines) is 1. The molecule has 144 valence electrons. The quantitative estimate of drug-likeness (QED) is 0.689. The predicted molar refractivity (Wildman–Crippen MR) is 108 cm³/mol. The maximum Gasteiger partial charge on any atom is 0.155 e. The van der Waals surface area contributed by atoms with Crippen LogP contribution >= 0.6 is 0 Å². The van der Waals surface area contributed by atoms with E-state index < -0.39 is 0 Å². The van der Waals surface area contributed by atoms with Crippen molar-refractivity contribution in [1.29, 1.82) is 0 Å². The number of aromatic nitrogens is 5. The van der Waals surface area contributed by atoms with Crippen LogP contribution in [0, 0.1) is 0 Å². The van der Waals surface area contributed by atoms with Gasteiger partial charge in [-0.1, -0.05) is 6.08 Å². The van der Waals surface area contributed by atoms with E-state index in [4.69, 9.17) is 4.74 Å². The minimum absolute atomic E-state index is 0.224. The monoisotopic (exact) mass is 376 g/mol. The molecule has 2 aliphatic rings. The summed E-state index contributed by atoms with van der Waals surface area (Å²) in [6.45, 7) is 4.15. The predicted octanol–water partition coefficient (Wildman–Crippen LogP) is 3.39. The lowest BCUT2D eigenvalue weighted by molar-refractivity contribution is 0.178. The Morgan fingerprint density at radius 1 is 1.18 bits per heavy atom. The molecule has 28 heavy (non-hydrogen) atoms. The number of nitrogens with one attached hydrogen (secondary N) is 2. The molecular formula is C21H24N6O. The van der Waals surface area contributed by atoms with Crippen molar-refractivity contribution in [3.05, 3.63) is 54.2 Å². The summed E-state index contributed by atoms with van der Waals surface area (Å²) in [5.41, 5.74) is 3.07. The molecule has 1 aliphatic heterocycles. The molecule has 1 fully saturated rings. The number of fused-ring (bicyclic) bond motifs is 1. The normalized spacial score (nSPS) is 20.0. The largest absolute Gasteiger partial charge is 0.493 e. The summed E-state index contributed by atoms with van der Waals surface area (Å²) < 4.78 is 6.04. The second-order valence-corrected chi connectivity index (χ2v) is 7.41. The molecule has 1 unspecified atom stereocenters. The highest BCUT2D eigenvalue weighted by molar-refractivity contribution is 5.86. The summed E-state index contributed by atoms with van der Waals surface area (Å²) in [5, 5.41) is 15.7. The summed E-state index contributed by atoms with van der Waals surface area (Å²) in [7, 11) is 0. The molecule has 3 heterocycles. The lowest BCUT2D eigenvalue weighted by Crippen LogP contribution is -2.24. The molecule has 7 heteroatoms. The number of allylic oxidation sites excluding steroid dienone is 3. The fourth-order valence-corrected chi connectivity index (χ4v) is 4.05. The first-order valence-corrected chi connectivity index (χ1v) is 9.94. The Bertz CT molecular complexity index is 997. The van der Waals surface area contributed by atoms with Crippen LogP contribution in [0.1, 0.15) is 30.9 Å². The fourth-order valence-electron chi connectivity index (χ4n) is 4.05. The molecule has 2 N–H and O–H groups in total. The van der Waals surface area contributed by atoms with E-state index in [-0.39, 0.29) is 5.92 Å². The van der Waals surface area contributed by atoms with Crippen LogP contribution in [0.25, 0.3) is 22.3 Å². The van der Waals surface area contributed by atoms with E-state index in [0.717, 1.165) is 53.3 Å². The minimum Gasteiger partial charge on any atom is -0.493 e. The maximum atomic E-state index is 6.04. The first-order chi connectivity index (χ1) is 13.9. The van der Waals surface area contributed by atoms with Crippen molar-refractivity contribution in [3.63, 3.8) is 0 Å². The number of H-pyrrole nitrogens is 2. The topological polar surface area (TPSA) is 82.7 Å². The summed E-state index contributed by atoms with van der Waals surface area (Å²) in [6, 6.07) is 6.15. The first kappa shape index (κ1) is 17.2. The number of benzene rings is 1. The van der Waals surface area contributed by atoms with Crippen LogP contribution in [0.15, 0.2) is 48.5 Å². The average molecular weight is 376 g/mol. The zero-order valence-corrected chi connectivity index (χ0v) is 15.8. The van der Waals surface area contributed by atoms with Crippen molar-refractivity contribution in [2.45, 2.75) is 25.2 Å². The third-order valence-electron chi connectivity index (χ3n) is 5.56. The standard InChI is InChI=1S/C21H24N6O/c1-2-9-27(8-1)10-11-28-17-5-3-4-15(12-17)20-18-13-16(21-22-14-23-26-21)6-7-19(18)24-25-20/h3,5-7,12-15H,1-2,4,8-11H2,(H,24,25)(H,22,23,26). The zero-order chi connectivity index (χ0) is 18.8. The third-order valence-corrected chi connectivity index (χ3v) is 5.56. The molecule has 3 aromatic rings. The second-order valence-electron chi connectivity index (χ2n) is 7.41. The van der Waals surface area contributed by atoms with Gasteiger partial charge in [-0.15, -0.1) is 0 Å². The van der Waals surface area contributed by atoms with Crippen molar-refractivity contribution < 1.29 is 4.74 Å². The molecular weight excluding hydrogens is 352 g/mol. The number of hydrogen-bond acceptors (Lipinski definition) is 5. The van der Waals surface area contributed by atoms with E-state index in [9.17, 15) is 0 Å². The summed E-state index contributed by atoms with van der Waals surface area (Å²) in [5.74, 6) is 1.94. The van der Waals surface area contributed by atoms with Gasteiger partial charge in [-0.3, -0.25) is 15.1 Å². The van der Waals surface area contributed by atoms with Gasteiger partial charge in [0.1, 0.15) is 18.7 Å². The van der Waals surface area contributed by atoms with Crippen LogP contribution in [-0.4, -0.2) is 56.5 Å². The molecule has 7 nitrogen and oxygen atoms in total. The van der Waals surface area contributed by atoms with Gasteiger partial charge < -0.3 is 4.74 Å². The Hall–Kier alpha value is -2.93. The summed E-state index contributed by atoms with van der Waals surface area (Å²) in [4.78, 5) is 6.72. The number of aromatic amines is 2. The Morgan fingerprint density at radius 2 is 2.11 bits per heavy atom. The smallest absolute Gasteiger partial charge is 0.155 e. The highest BCUT2D eigenvalue weighted by Crippen LogP contribution is 2.32. The molecule has 0 amide bonds. The number of ether oxygens (including phenoxy) is 1. The van der Waals surface area contributed by atoms with Crippen LogP contribution in [0.5, 0.6) is 0 Å². The van der Waals surface area contributed by atoms with Crippen molar-refractivity contribution in [3.8, 4) is 11.4 Å². The van der Waals surface area contributed by atoms with E-state index >= 15 is 0 Å². The molecule has 1 aromatic carbocycles. The molecule has 1 atom stereocenters. The lowest BCUT2D eigenvalue weighted by atomic mass is 9.93. The Morgan fingerprint density at radius 3 is 2.96 bits per heavy atom. The Labute approximate surface area is 163 Å². The van der Waals surface area contributed by atoms with Gasteiger partial charge in [-0.05, 0) is 62.7 Å². The Kier molecular flexibility index (Phi) is 4.66. The highest BCUT2D eigenvalue weighted by Gasteiger charge is 2.19. The molecule has 2 aromatic heterocycles. The summed E-state index contributed by atoms with van der Waals surface area (Å²) >= 11 is 0. The minimum atomic E-state index is 0.224. The van der Waals surface area contributed by atoms with E-state index in [0.29, 0.717) is 0 Å². The fraction of sp³-hybridized carbons (Fsp3) is 0.381. The number of hydrogen-bond donors (Lipinski definition) is 2. The second kappa shape index (κ2) is 7.59. The van der Waals surface area contributed by atoms with Gasteiger partial charge in [-0.25, -0.2) is 4.98 Å². The number of nitrogens with zero attached hydrogens (tertiary/aromatic N) is 4. The molecule has 5 rings (SSSR count). The molecule has 0 radical (unpaired) electrons. The number of rotatable bonds is 6. The van der Waals surface area contributed by atoms with Crippen LogP contribution in [0.2, 0.25) is 0 Å². The maximum absolute atomic E-state index is 6.04. The SMILES string of the molecule is C1=CC(OCCN2CCCC2)=CC(c2[nH]nc3ccc(-c4ncn[nH]4)cc23)C1. The van der Waals surface area contributed by atoms with Gasteiger partial charge in [-0.2, -0.15) is 10.2 Å². The average Bonchev–Trinajstić information content (AvgIpc) is 3.49. The van der Waals surface area contributed by atoms with Gasteiger partial charge in [0.05, 0.1) is 11.2 Å². The van der Waals surface area contributed by atoms with Gasteiger partial charge in [0, 0.05) is 23.4 Å². The molecule has 0 saturated carbocycles. The van der Waals surface area contributed by atoms with Crippen molar-refractivity contribution >= 4 is 10.9 Å². The van der Waals surface area contributed by atoms with Gasteiger partial charge in [0.15, 0.2) is 5.82 Å². The molecule has 0 spiro atoms. The van der Waals surface area contributed by atoms with E-state index in [1.54, 1.807) is 0 Å². The Balaban J connectivity index is 1.34. The van der Waals surface area contributed by atoms with Crippen LogP contribution in [0.3, 0.4) is 0 Å². The van der Waals surface area contributed by atoms with Crippen LogP contribution in [0.4, 0.5) is 0 Å². The van der Waals surface area contributed by atoms with Gasteiger partial charge in [0.2, 0.25) is 0 Å². The highest BCUT2D eigenvalue weighted by atomic mass is 16.5. The lowest BCUT2D eigenvalue weighted by Gasteiger charge is -2.19. The van der Waals surface area contributed by atoms with Crippen LogP contribution in [-0.2, 0) is 4.74 Å². The van der Waals surface area contributed by atoms with Gasteiger partial charge in [0.25, 0.3) is 0 Å². The molecule has 1 saturated heterocycles. The van der Waals surface area contributed by atoms with Crippen molar-refractivity contribution in [2.75, 3.05) is 26.2 Å². The van der Waals surface area contributed by atoms with Crippen molar-refractivity contribution in [2.24, 2.45) is 0 Å². The summed E-state index contributed by atoms with van der Waals surface area (Å²) in [6.07, 6.45) is 11.6.